The number of benzene rings is 3. The summed E-state index contributed by atoms with van der Waals surface area (Å²) in [6, 6.07) is 20.5. The van der Waals surface area contributed by atoms with Gasteiger partial charge in [0.15, 0.2) is 17.4 Å². The fourth-order valence-electron chi connectivity index (χ4n) is 2.94. The number of para-hydroxylation sites is 1. The van der Waals surface area contributed by atoms with Crippen LogP contribution in [-0.4, -0.2) is 20.8 Å². The normalized spacial score (nSPS) is 11.7. The minimum absolute atomic E-state index is 0.0653. The molecule has 0 saturated carbocycles. The van der Waals surface area contributed by atoms with Crippen LogP contribution in [0.25, 0.3) is 0 Å². The third-order valence-corrected chi connectivity index (χ3v) is 5.82. The van der Waals surface area contributed by atoms with Crippen LogP contribution in [0.1, 0.15) is 16.6 Å². The van der Waals surface area contributed by atoms with E-state index in [1.54, 1.807) is 24.3 Å². The summed E-state index contributed by atoms with van der Waals surface area (Å²) in [6.45, 7) is -0.108. The Morgan fingerprint density at radius 1 is 1.00 bits per heavy atom. The molecule has 7 nitrogen and oxygen atoms in total. The molecule has 0 unspecified atom stereocenters. The summed E-state index contributed by atoms with van der Waals surface area (Å²) < 4.78 is 33.6. The highest BCUT2D eigenvalue weighted by Gasteiger charge is 2.25. The van der Waals surface area contributed by atoms with Gasteiger partial charge in [0.25, 0.3) is 0 Å². The van der Waals surface area contributed by atoms with Crippen molar-refractivity contribution >= 4 is 23.4 Å². The average molecular weight is 468 g/mol. The number of rotatable bonds is 8. The Morgan fingerprint density at radius 2 is 1.70 bits per heavy atom. The van der Waals surface area contributed by atoms with Crippen LogP contribution in [0.4, 0.5) is 14.5 Å². The van der Waals surface area contributed by atoms with Gasteiger partial charge in [-0.1, -0.05) is 54.2 Å². The van der Waals surface area contributed by atoms with Crippen LogP contribution in [0.5, 0.6) is 5.75 Å². The van der Waals surface area contributed by atoms with Gasteiger partial charge in [0.1, 0.15) is 17.7 Å². The zero-order valence-corrected chi connectivity index (χ0v) is 18.0. The number of nitrogens with zero attached hydrogens (tertiary/aromatic N) is 3. The minimum Gasteiger partial charge on any atom is -0.482 e. The molecule has 0 fully saturated rings. The van der Waals surface area contributed by atoms with Crippen molar-refractivity contribution in [3.05, 3.63) is 102 Å². The Kier molecular flexibility index (Phi) is 6.84. The summed E-state index contributed by atoms with van der Waals surface area (Å²) in [5.41, 5.74) is 1.17. The summed E-state index contributed by atoms with van der Waals surface area (Å²) >= 11 is 1.09. The van der Waals surface area contributed by atoms with Crippen molar-refractivity contribution in [3.8, 4) is 5.75 Å². The third kappa shape index (κ3) is 5.47. The number of amides is 1. The second-order valence-corrected chi connectivity index (χ2v) is 7.96. The molecule has 1 heterocycles. The maximum atomic E-state index is 13.8. The number of carbonyl (C=O) groups excluding carboxylic acids is 1. The number of nitrogen functional groups attached to an aromatic ring is 1. The number of hydrogen-bond acceptors (Lipinski definition) is 6. The second kappa shape index (κ2) is 10.1. The van der Waals surface area contributed by atoms with E-state index in [-0.39, 0.29) is 29.2 Å². The molecule has 1 aromatic heterocycles. The summed E-state index contributed by atoms with van der Waals surface area (Å²) in [5, 5.41) is 10.4. The van der Waals surface area contributed by atoms with Crippen molar-refractivity contribution in [1.29, 1.82) is 0 Å². The van der Waals surface area contributed by atoms with Gasteiger partial charge in [-0.25, -0.2) is 13.5 Å². The average Bonchev–Trinajstić information content (AvgIpc) is 3.18. The first-order chi connectivity index (χ1) is 16.0. The molecule has 0 aliphatic rings. The molecule has 4 rings (SSSR count). The van der Waals surface area contributed by atoms with E-state index in [0.29, 0.717) is 11.3 Å². The number of nitrogens with two attached hydrogens (primary N) is 1. The number of ether oxygens (including phenoxy) is 1. The van der Waals surface area contributed by atoms with E-state index in [1.807, 2.05) is 18.2 Å². The number of carbonyl (C=O) groups is 1. The van der Waals surface area contributed by atoms with Crippen molar-refractivity contribution in [3.63, 3.8) is 0 Å². The Bertz CT molecular complexity index is 1240. The summed E-state index contributed by atoms with van der Waals surface area (Å²) in [6.07, 6.45) is 0. The predicted octanol–water partition coefficient (Wildman–Crippen LogP) is 4.32. The molecule has 10 heteroatoms. The van der Waals surface area contributed by atoms with Crippen molar-refractivity contribution in [2.45, 2.75) is 17.0 Å². The molecular weight excluding hydrogens is 448 g/mol. The van der Waals surface area contributed by atoms with Crippen LogP contribution in [0, 0.1) is 11.6 Å². The lowest BCUT2D eigenvalue weighted by molar-refractivity contribution is -0.115. The molecular formula is C23H19F2N5O2S. The lowest BCUT2D eigenvalue weighted by Gasteiger charge is -2.16. The van der Waals surface area contributed by atoms with Gasteiger partial charge in [0.2, 0.25) is 11.1 Å². The molecule has 33 heavy (non-hydrogen) atoms. The van der Waals surface area contributed by atoms with Crippen LogP contribution in [0.3, 0.4) is 0 Å². The Hall–Kier alpha value is -3.92. The van der Waals surface area contributed by atoms with Crippen molar-refractivity contribution in [1.82, 2.24) is 14.9 Å². The van der Waals surface area contributed by atoms with E-state index in [0.717, 1.165) is 11.8 Å². The van der Waals surface area contributed by atoms with E-state index < -0.39 is 16.9 Å². The smallest absolute Gasteiger partial charge is 0.242 e. The van der Waals surface area contributed by atoms with Gasteiger partial charge >= 0.3 is 0 Å². The summed E-state index contributed by atoms with van der Waals surface area (Å²) in [5.74, 6) is 5.20. The Labute approximate surface area is 192 Å². The van der Waals surface area contributed by atoms with E-state index >= 15 is 0 Å². The number of aromatic nitrogens is 3. The molecule has 0 aliphatic heterocycles. The van der Waals surface area contributed by atoms with Gasteiger partial charge in [-0.2, -0.15) is 0 Å². The Balaban J connectivity index is 1.52. The van der Waals surface area contributed by atoms with Crippen molar-refractivity contribution in [2.75, 3.05) is 11.2 Å². The lowest BCUT2D eigenvalue weighted by Crippen LogP contribution is -2.21. The van der Waals surface area contributed by atoms with Crippen LogP contribution in [0.15, 0.2) is 84.0 Å². The Morgan fingerprint density at radius 3 is 2.42 bits per heavy atom. The van der Waals surface area contributed by atoms with E-state index in [2.05, 4.69) is 15.5 Å². The molecule has 1 atom stereocenters. The highest BCUT2D eigenvalue weighted by Crippen LogP contribution is 2.35. The zero-order chi connectivity index (χ0) is 23.2. The minimum atomic E-state index is -0.719. The molecule has 0 aliphatic carbocycles. The number of hydrogen-bond donors (Lipinski definition) is 2. The van der Waals surface area contributed by atoms with Crippen LogP contribution in [0.2, 0.25) is 0 Å². The number of halogens is 2. The first-order valence-corrected chi connectivity index (χ1v) is 10.7. The van der Waals surface area contributed by atoms with Gasteiger partial charge in [-0.3, -0.25) is 4.79 Å². The first kappa shape index (κ1) is 22.3. The fourth-order valence-corrected chi connectivity index (χ4v) is 3.91. The molecule has 0 radical (unpaired) electrons. The highest BCUT2D eigenvalue weighted by atomic mass is 32.2. The van der Waals surface area contributed by atoms with Crippen molar-refractivity contribution < 1.29 is 18.3 Å². The SMILES string of the molecule is Nn1c(COc2ccccc2F)nnc1S[C@@H](C(=O)Nc1ccc(F)cc1)c1ccccc1. The number of nitrogens with one attached hydrogen (secondary N) is 1. The molecule has 168 valence electrons. The highest BCUT2D eigenvalue weighted by molar-refractivity contribution is 8.00. The first-order valence-electron chi connectivity index (χ1n) is 9.86. The maximum Gasteiger partial charge on any atom is 0.242 e. The van der Waals surface area contributed by atoms with Crippen LogP contribution >= 0.6 is 11.8 Å². The predicted molar refractivity (Wildman–Crippen MR) is 121 cm³/mol. The van der Waals surface area contributed by atoms with E-state index in [9.17, 15) is 13.6 Å². The maximum absolute atomic E-state index is 13.8. The van der Waals surface area contributed by atoms with E-state index in [4.69, 9.17) is 10.6 Å². The van der Waals surface area contributed by atoms with E-state index in [1.165, 1.54) is 41.1 Å². The standard InChI is InChI=1S/C23H19F2N5O2S/c24-16-10-12-17(13-11-16)27-22(31)21(15-6-2-1-3-7-15)33-23-29-28-20(30(23)26)14-32-19-9-5-4-8-18(19)25/h1-13,21H,14,26H2,(H,27,31)/t21-/m1/s1. The van der Waals surface area contributed by atoms with Gasteiger partial charge < -0.3 is 15.9 Å². The fraction of sp³-hybridized carbons (Fsp3) is 0.0870. The van der Waals surface area contributed by atoms with Gasteiger partial charge in [0.05, 0.1) is 0 Å². The molecule has 0 spiro atoms. The summed E-state index contributed by atoms with van der Waals surface area (Å²) in [7, 11) is 0. The molecule has 4 aromatic rings. The monoisotopic (exact) mass is 467 g/mol. The quantitative estimate of drug-likeness (QED) is 0.296. The zero-order valence-electron chi connectivity index (χ0n) is 17.2. The number of anilines is 1. The van der Waals surface area contributed by atoms with Crippen molar-refractivity contribution in [2.24, 2.45) is 0 Å². The lowest BCUT2D eigenvalue weighted by atomic mass is 10.1. The number of thioether (sulfide) groups is 1. The van der Waals surface area contributed by atoms with Gasteiger partial charge in [0, 0.05) is 5.69 Å². The largest absolute Gasteiger partial charge is 0.482 e. The molecule has 0 bridgehead atoms. The molecule has 3 aromatic carbocycles. The van der Waals surface area contributed by atoms with Crippen LogP contribution < -0.4 is 15.9 Å². The summed E-state index contributed by atoms with van der Waals surface area (Å²) in [4.78, 5) is 13.1. The molecule has 0 saturated heterocycles. The van der Waals surface area contributed by atoms with Crippen LogP contribution in [-0.2, 0) is 11.4 Å². The molecule has 3 N–H and O–H groups in total. The topological polar surface area (TPSA) is 95.1 Å². The van der Waals surface area contributed by atoms with Gasteiger partial charge in [-0.05, 0) is 42.0 Å². The second-order valence-electron chi connectivity index (χ2n) is 6.89. The van der Waals surface area contributed by atoms with Gasteiger partial charge in [-0.15, -0.1) is 10.2 Å². The third-order valence-electron chi connectivity index (χ3n) is 4.60. The molecule has 1 amide bonds.